The fraction of sp³-hybridized carbons (Fsp3) is 0.0714. The van der Waals surface area contributed by atoms with Crippen LogP contribution in [0.2, 0.25) is 0 Å². The van der Waals surface area contributed by atoms with Crippen LogP contribution in [0, 0.1) is 0 Å². The Balaban J connectivity index is 2.43. The lowest BCUT2D eigenvalue weighted by Crippen LogP contribution is -2.03. The zero-order valence-electron chi connectivity index (χ0n) is 9.50. The van der Waals surface area contributed by atoms with Crippen LogP contribution in [0.5, 0.6) is 5.75 Å². The van der Waals surface area contributed by atoms with Gasteiger partial charge in [0.05, 0.1) is 7.11 Å². The van der Waals surface area contributed by atoms with E-state index in [-0.39, 0.29) is 0 Å². The Hall–Kier alpha value is -2.29. The SMILES string of the molecule is COc1cccc(C(=NO)c2ccccc2)c1. The molecule has 0 atom stereocenters. The van der Waals surface area contributed by atoms with Crippen molar-refractivity contribution in [3.8, 4) is 5.75 Å². The minimum atomic E-state index is 0.532. The van der Waals surface area contributed by atoms with E-state index < -0.39 is 0 Å². The van der Waals surface area contributed by atoms with Gasteiger partial charge in [0.25, 0.3) is 0 Å². The van der Waals surface area contributed by atoms with Gasteiger partial charge in [0, 0.05) is 11.1 Å². The molecule has 0 spiro atoms. The summed E-state index contributed by atoms with van der Waals surface area (Å²) in [5, 5.41) is 12.5. The average molecular weight is 227 g/mol. The number of methoxy groups -OCH3 is 1. The normalized spacial score (nSPS) is 11.2. The van der Waals surface area contributed by atoms with Crippen molar-refractivity contribution in [2.75, 3.05) is 7.11 Å². The van der Waals surface area contributed by atoms with Crippen LogP contribution >= 0.6 is 0 Å². The number of oxime groups is 1. The van der Waals surface area contributed by atoms with Crippen molar-refractivity contribution in [1.82, 2.24) is 0 Å². The third-order valence-corrected chi connectivity index (χ3v) is 2.49. The van der Waals surface area contributed by atoms with Crippen molar-refractivity contribution in [2.45, 2.75) is 0 Å². The second-order valence-electron chi connectivity index (χ2n) is 3.55. The largest absolute Gasteiger partial charge is 0.497 e. The minimum Gasteiger partial charge on any atom is -0.497 e. The second-order valence-corrected chi connectivity index (χ2v) is 3.55. The summed E-state index contributed by atoms with van der Waals surface area (Å²) in [5.41, 5.74) is 2.21. The number of benzene rings is 2. The lowest BCUT2D eigenvalue weighted by Gasteiger charge is -2.06. The third kappa shape index (κ3) is 2.45. The van der Waals surface area contributed by atoms with Crippen molar-refractivity contribution in [1.29, 1.82) is 0 Å². The Labute approximate surface area is 100.0 Å². The lowest BCUT2D eigenvalue weighted by molar-refractivity contribution is 0.319. The molecule has 3 heteroatoms. The standard InChI is InChI=1S/C14H13NO2/c1-17-13-9-5-8-12(10-13)14(15-16)11-6-3-2-4-7-11/h2-10,16H,1H3. The molecule has 0 amide bonds. The van der Waals surface area contributed by atoms with Crippen molar-refractivity contribution >= 4 is 5.71 Å². The predicted octanol–water partition coefficient (Wildman–Crippen LogP) is 2.92. The number of ether oxygens (including phenoxy) is 1. The van der Waals surface area contributed by atoms with E-state index in [0.717, 1.165) is 16.9 Å². The minimum absolute atomic E-state index is 0.532. The molecule has 0 saturated heterocycles. The monoisotopic (exact) mass is 227 g/mol. The summed E-state index contributed by atoms with van der Waals surface area (Å²) < 4.78 is 5.15. The van der Waals surface area contributed by atoms with Crippen LogP contribution in [-0.2, 0) is 0 Å². The summed E-state index contributed by atoms with van der Waals surface area (Å²) in [6.45, 7) is 0. The van der Waals surface area contributed by atoms with Gasteiger partial charge in [0.1, 0.15) is 11.5 Å². The van der Waals surface area contributed by atoms with Gasteiger partial charge in [0.15, 0.2) is 0 Å². The first kappa shape index (κ1) is 11.2. The zero-order valence-corrected chi connectivity index (χ0v) is 9.50. The highest BCUT2D eigenvalue weighted by Gasteiger charge is 2.07. The van der Waals surface area contributed by atoms with E-state index >= 15 is 0 Å². The Morgan fingerprint density at radius 1 is 1.00 bits per heavy atom. The first-order valence-corrected chi connectivity index (χ1v) is 5.27. The molecule has 0 aliphatic carbocycles. The Morgan fingerprint density at radius 2 is 1.71 bits per heavy atom. The van der Waals surface area contributed by atoms with Crippen LogP contribution in [0.25, 0.3) is 0 Å². The zero-order chi connectivity index (χ0) is 12.1. The molecule has 3 nitrogen and oxygen atoms in total. The van der Waals surface area contributed by atoms with Gasteiger partial charge in [-0.05, 0) is 12.1 Å². The van der Waals surface area contributed by atoms with Gasteiger partial charge in [-0.3, -0.25) is 0 Å². The van der Waals surface area contributed by atoms with Crippen LogP contribution in [0.4, 0.5) is 0 Å². The first-order valence-electron chi connectivity index (χ1n) is 5.27. The molecule has 2 rings (SSSR count). The summed E-state index contributed by atoms with van der Waals surface area (Å²) in [7, 11) is 1.61. The molecule has 0 saturated carbocycles. The van der Waals surface area contributed by atoms with E-state index in [2.05, 4.69) is 5.16 Å². The molecular formula is C14H13NO2. The quantitative estimate of drug-likeness (QED) is 0.497. The van der Waals surface area contributed by atoms with E-state index in [4.69, 9.17) is 9.94 Å². The van der Waals surface area contributed by atoms with Crippen molar-refractivity contribution in [2.24, 2.45) is 5.16 Å². The highest BCUT2D eigenvalue weighted by atomic mass is 16.5. The molecule has 0 aliphatic heterocycles. The molecular weight excluding hydrogens is 214 g/mol. The maximum Gasteiger partial charge on any atom is 0.119 e. The van der Waals surface area contributed by atoms with Crippen LogP contribution < -0.4 is 4.74 Å². The topological polar surface area (TPSA) is 41.8 Å². The van der Waals surface area contributed by atoms with E-state index in [0.29, 0.717) is 5.71 Å². The number of hydrogen-bond acceptors (Lipinski definition) is 3. The summed E-state index contributed by atoms with van der Waals surface area (Å²) in [5.74, 6) is 0.736. The second kappa shape index (κ2) is 5.16. The van der Waals surface area contributed by atoms with Gasteiger partial charge in [0.2, 0.25) is 0 Å². The third-order valence-electron chi connectivity index (χ3n) is 2.49. The van der Waals surface area contributed by atoms with Crippen LogP contribution in [0.3, 0.4) is 0 Å². The molecule has 0 radical (unpaired) electrons. The van der Waals surface area contributed by atoms with Crippen molar-refractivity contribution in [3.05, 3.63) is 65.7 Å². The van der Waals surface area contributed by atoms with Gasteiger partial charge in [-0.2, -0.15) is 0 Å². The van der Waals surface area contributed by atoms with E-state index in [9.17, 15) is 0 Å². The molecule has 0 fully saturated rings. The maximum atomic E-state index is 9.14. The molecule has 1 N–H and O–H groups in total. The van der Waals surface area contributed by atoms with Crippen LogP contribution in [0.15, 0.2) is 59.8 Å². The summed E-state index contributed by atoms with van der Waals surface area (Å²) >= 11 is 0. The summed E-state index contributed by atoms with van der Waals surface area (Å²) in [6.07, 6.45) is 0. The number of hydrogen-bond donors (Lipinski definition) is 1. The molecule has 2 aromatic carbocycles. The average Bonchev–Trinajstić information content (AvgIpc) is 2.41. The fourth-order valence-electron chi connectivity index (χ4n) is 1.65. The van der Waals surface area contributed by atoms with Gasteiger partial charge >= 0.3 is 0 Å². The molecule has 0 unspecified atom stereocenters. The molecule has 0 aliphatic rings. The highest BCUT2D eigenvalue weighted by molar-refractivity contribution is 6.12. The molecule has 0 bridgehead atoms. The number of nitrogens with zero attached hydrogens (tertiary/aromatic N) is 1. The van der Waals surface area contributed by atoms with E-state index in [1.54, 1.807) is 7.11 Å². The van der Waals surface area contributed by atoms with Crippen LogP contribution in [-0.4, -0.2) is 18.0 Å². The maximum absolute atomic E-state index is 9.14. The molecule has 0 heterocycles. The van der Waals surface area contributed by atoms with Gasteiger partial charge in [-0.25, -0.2) is 0 Å². The Morgan fingerprint density at radius 3 is 2.35 bits per heavy atom. The van der Waals surface area contributed by atoms with Gasteiger partial charge in [-0.1, -0.05) is 47.6 Å². The molecule has 17 heavy (non-hydrogen) atoms. The smallest absolute Gasteiger partial charge is 0.119 e. The van der Waals surface area contributed by atoms with Crippen LogP contribution in [0.1, 0.15) is 11.1 Å². The van der Waals surface area contributed by atoms with Crippen molar-refractivity contribution in [3.63, 3.8) is 0 Å². The first-order chi connectivity index (χ1) is 8.35. The van der Waals surface area contributed by atoms with Crippen molar-refractivity contribution < 1.29 is 9.94 Å². The Bertz CT molecular complexity index is 521. The summed E-state index contributed by atoms with van der Waals surface area (Å²) in [4.78, 5) is 0. The lowest BCUT2D eigenvalue weighted by atomic mass is 10.0. The molecule has 2 aromatic rings. The molecule has 0 aromatic heterocycles. The Kier molecular flexibility index (Phi) is 3.40. The summed E-state index contributed by atoms with van der Waals surface area (Å²) in [6, 6.07) is 17.0. The highest BCUT2D eigenvalue weighted by Crippen LogP contribution is 2.16. The van der Waals surface area contributed by atoms with Gasteiger partial charge < -0.3 is 9.94 Å². The number of rotatable bonds is 3. The predicted molar refractivity (Wildman–Crippen MR) is 66.9 cm³/mol. The molecule has 86 valence electrons. The van der Waals surface area contributed by atoms with E-state index in [1.807, 2.05) is 54.6 Å². The van der Waals surface area contributed by atoms with Gasteiger partial charge in [-0.15, -0.1) is 0 Å². The van der Waals surface area contributed by atoms with E-state index in [1.165, 1.54) is 0 Å². The fourth-order valence-corrected chi connectivity index (χ4v) is 1.65.